The zero-order chi connectivity index (χ0) is 11.8. The van der Waals surface area contributed by atoms with Crippen LogP contribution >= 0.6 is 24.0 Å². The molecule has 0 aromatic heterocycles. The summed E-state index contributed by atoms with van der Waals surface area (Å²) in [5.41, 5.74) is 0. The van der Waals surface area contributed by atoms with E-state index in [1.54, 1.807) is 7.05 Å². The average molecular weight is 354 g/mol. The molecule has 3 N–H and O–H groups in total. The molecular formula is C11H23IN4O. The quantitative estimate of drug-likeness (QED) is 0.295. The number of carbonyl (C=O) groups is 1. The molecule has 1 rings (SSSR count). The van der Waals surface area contributed by atoms with Crippen LogP contribution in [0.5, 0.6) is 0 Å². The van der Waals surface area contributed by atoms with Crippen molar-refractivity contribution >= 4 is 35.8 Å². The maximum atomic E-state index is 11.5. The number of amides is 1. The maximum absolute atomic E-state index is 11.5. The van der Waals surface area contributed by atoms with Crippen LogP contribution in [0.25, 0.3) is 0 Å². The molecule has 0 unspecified atom stereocenters. The molecule has 0 saturated heterocycles. The van der Waals surface area contributed by atoms with E-state index in [0.717, 1.165) is 38.3 Å². The predicted octanol–water partition coefficient (Wildman–Crippen LogP) is 0.706. The molecule has 6 heteroatoms. The molecule has 0 heterocycles. The summed E-state index contributed by atoms with van der Waals surface area (Å²) in [5, 5.41) is 9.03. The van der Waals surface area contributed by atoms with E-state index in [4.69, 9.17) is 0 Å². The van der Waals surface area contributed by atoms with Crippen molar-refractivity contribution in [3.63, 3.8) is 0 Å². The van der Waals surface area contributed by atoms with Gasteiger partial charge in [0.05, 0.1) is 0 Å². The molecule has 17 heavy (non-hydrogen) atoms. The first-order chi connectivity index (χ1) is 7.77. The first-order valence-corrected chi connectivity index (χ1v) is 5.94. The molecule has 0 spiro atoms. The van der Waals surface area contributed by atoms with E-state index < -0.39 is 0 Å². The maximum Gasteiger partial charge on any atom is 0.223 e. The van der Waals surface area contributed by atoms with Crippen LogP contribution in [0.2, 0.25) is 0 Å². The first-order valence-electron chi connectivity index (χ1n) is 5.94. The Balaban J connectivity index is 0.00000256. The molecule has 0 aliphatic heterocycles. The second-order valence-corrected chi connectivity index (χ2v) is 4.02. The van der Waals surface area contributed by atoms with Gasteiger partial charge in [-0.2, -0.15) is 0 Å². The Hall–Kier alpha value is -0.530. The lowest BCUT2D eigenvalue weighted by atomic mass is 9.85. The Morgan fingerprint density at radius 2 is 1.94 bits per heavy atom. The first kappa shape index (κ1) is 16.5. The number of nitrogens with zero attached hydrogens (tertiary/aromatic N) is 1. The summed E-state index contributed by atoms with van der Waals surface area (Å²) >= 11 is 0. The number of aliphatic imine (C=N–C) groups is 1. The minimum atomic E-state index is 0. The van der Waals surface area contributed by atoms with Gasteiger partial charge in [0, 0.05) is 33.1 Å². The zero-order valence-corrected chi connectivity index (χ0v) is 12.9. The van der Waals surface area contributed by atoms with Crippen molar-refractivity contribution < 1.29 is 4.79 Å². The molecule has 0 aromatic carbocycles. The minimum Gasteiger partial charge on any atom is -0.359 e. The van der Waals surface area contributed by atoms with E-state index in [9.17, 15) is 4.79 Å². The topological polar surface area (TPSA) is 65.5 Å². The number of guanidine groups is 1. The molecule has 0 atom stereocenters. The highest BCUT2D eigenvalue weighted by Crippen LogP contribution is 2.25. The Labute approximate surface area is 120 Å². The molecule has 1 aliphatic carbocycles. The summed E-state index contributed by atoms with van der Waals surface area (Å²) in [7, 11) is 3.56. The number of carbonyl (C=O) groups excluding carboxylic acids is 1. The van der Waals surface area contributed by atoms with Gasteiger partial charge in [-0.3, -0.25) is 9.79 Å². The van der Waals surface area contributed by atoms with Crippen molar-refractivity contribution in [2.45, 2.75) is 25.7 Å². The predicted molar refractivity (Wildman–Crippen MR) is 80.8 cm³/mol. The summed E-state index contributed by atoms with van der Waals surface area (Å²) in [6, 6.07) is 0. The molecule has 1 amide bonds. The summed E-state index contributed by atoms with van der Waals surface area (Å²) in [4.78, 5) is 15.5. The number of rotatable bonds is 5. The lowest BCUT2D eigenvalue weighted by molar-refractivity contribution is -0.127. The third-order valence-corrected chi connectivity index (χ3v) is 2.88. The van der Waals surface area contributed by atoms with Gasteiger partial charge in [-0.05, 0) is 19.3 Å². The highest BCUT2D eigenvalue weighted by Gasteiger charge is 2.24. The van der Waals surface area contributed by atoms with Crippen LogP contribution in [-0.4, -0.2) is 39.1 Å². The summed E-state index contributed by atoms with van der Waals surface area (Å²) in [5.74, 6) is 1.30. The Morgan fingerprint density at radius 3 is 2.41 bits per heavy atom. The van der Waals surface area contributed by atoms with Crippen molar-refractivity contribution in [3.8, 4) is 0 Å². The zero-order valence-electron chi connectivity index (χ0n) is 10.6. The molecule has 100 valence electrons. The molecule has 0 radical (unpaired) electrons. The number of nitrogens with one attached hydrogen (secondary N) is 3. The van der Waals surface area contributed by atoms with Gasteiger partial charge in [0.1, 0.15) is 0 Å². The van der Waals surface area contributed by atoms with Crippen LogP contribution < -0.4 is 16.0 Å². The summed E-state index contributed by atoms with van der Waals surface area (Å²) < 4.78 is 0. The molecule has 1 fully saturated rings. The van der Waals surface area contributed by atoms with Crippen molar-refractivity contribution in [1.29, 1.82) is 0 Å². The third kappa shape index (κ3) is 6.09. The Kier molecular flexibility index (Phi) is 9.20. The second kappa shape index (κ2) is 9.49. The van der Waals surface area contributed by atoms with Crippen molar-refractivity contribution in [3.05, 3.63) is 0 Å². The van der Waals surface area contributed by atoms with Crippen LogP contribution in [0.4, 0.5) is 0 Å². The highest BCUT2D eigenvalue weighted by atomic mass is 127. The minimum absolute atomic E-state index is 0. The van der Waals surface area contributed by atoms with E-state index in [-0.39, 0.29) is 35.8 Å². The smallest absolute Gasteiger partial charge is 0.223 e. The second-order valence-electron chi connectivity index (χ2n) is 4.02. The van der Waals surface area contributed by atoms with Gasteiger partial charge in [0.2, 0.25) is 5.91 Å². The highest BCUT2D eigenvalue weighted by molar-refractivity contribution is 14.0. The molecule has 1 saturated carbocycles. The van der Waals surface area contributed by atoms with Crippen LogP contribution in [-0.2, 0) is 4.79 Å². The number of halogens is 1. The van der Waals surface area contributed by atoms with E-state index in [0.29, 0.717) is 0 Å². The van der Waals surface area contributed by atoms with Crippen LogP contribution in [0.1, 0.15) is 25.7 Å². The van der Waals surface area contributed by atoms with Gasteiger partial charge in [-0.15, -0.1) is 24.0 Å². The monoisotopic (exact) mass is 354 g/mol. The molecule has 1 aliphatic rings. The van der Waals surface area contributed by atoms with E-state index in [1.165, 1.54) is 6.42 Å². The van der Waals surface area contributed by atoms with Crippen molar-refractivity contribution in [2.24, 2.45) is 10.9 Å². The Morgan fingerprint density at radius 1 is 1.29 bits per heavy atom. The fourth-order valence-electron chi connectivity index (χ4n) is 1.60. The van der Waals surface area contributed by atoms with Crippen LogP contribution in [0, 0.1) is 5.92 Å². The van der Waals surface area contributed by atoms with E-state index >= 15 is 0 Å². The molecule has 0 bridgehead atoms. The average Bonchev–Trinajstić information content (AvgIpc) is 2.21. The molecule has 5 nitrogen and oxygen atoms in total. The van der Waals surface area contributed by atoms with Crippen molar-refractivity contribution in [1.82, 2.24) is 16.0 Å². The van der Waals surface area contributed by atoms with Crippen LogP contribution in [0.3, 0.4) is 0 Å². The van der Waals surface area contributed by atoms with Gasteiger partial charge in [0.25, 0.3) is 0 Å². The van der Waals surface area contributed by atoms with E-state index in [1.807, 2.05) is 7.05 Å². The summed E-state index contributed by atoms with van der Waals surface area (Å²) in [6.07, 6.45) is 4.25. The van der Waals surface area contributed by atoms with Gasteiger partial charge in [0.15, 0.2) is 5.96 Å². The lowest BCUT2D eigenvalue weighted by Gasteiger charge is -2.24. The summed E-state index contributed by atoms with van der Waals surface area (Å²) in [6.45, 7) is 1.56. The normalized spacial score (nSPS) is 15.5. The van der Waals surface area contributed by atoms with E-state index in [2.05, 4.69) is 20.9 Å². The van der Waals surface area contributed by atoms with Gasteiger partial charge >= 0.3 is 0 Å². The standard InChI is InChI=1S/C11H22N4O.HI/c1-12-11(13-2)15-8-4-7-14-10(16)9-5-3-6-9;/h9H,3-8H2,1-2H3,(H,14,16)(H2,12,13,15);1H. The lowest BCUT2D eigenvalue weighted by Crippen LogP contribution is -2.38. The van der Waals surface area contributed by atoms with Crippen LogP contribution in [0.15, 0.2) is 4.99 Å². The van der Waals surface area contributed by atoms with Crippen molar-refractivity contribution in [2.75, 3.05) is 27.2 Å². The third-order valence-electron chi connectivity index (χ3n) is 2.88. The SMILES string of the molecule is CN=C(NC)NCCCNC(=O)C1CCC1.I. The molecular weight excluding hydrogens is 331 g/mol. The largest absolute Gasteiger partial charge is 0.359 e. The number of hydrogen-bond acceptors (Lipinski definition) is 2. The number of hydrogen-bond donors (Lipinski definition) is 3. The molecule has 0 aromatic rings. The van der Waals surface area contributed by atoms with Gasteiger partial charge in [-0.1, -0.05) is 6.42 Å². The fourth-order valence-corrected chi connectivity index (χ4v) is 1.60. The van der Waals surface area contributed by atoms with Gasteiger partial charge < -0.3 is 16.0 Å². The Bertz CT molecular complexity index is 254. The van der Waals surface area contributed by atoms with Gasteiger partial charge in [-0.25, -0.2) is 0 Å². The fraction of sp³-hybridized carbons (Fsp3) is 0.818.